The van der Waals surface area contributed by atoms with Crippen LogP contribution in [-0.2, 0) is 46.4 Å². The Hall–Kier alpha value is -2.53. The van der Waals surface area contributed by atoms with Gasteiger partial charge in [0.1, 0.15) is 11.6 Å². The van der Waals surface area contributed by atoms with E-state index in [0.29, 0.717) is 0 Å². The van der Waals surface area contributed by atoms with Gasteiger partial charge in [-0.1, -0.05) is 0 Å². The van der Waals surface area contributed by atoms with Gasteiger partial charge >= 0.3 is 26.3 Å². The van der Waals surface area contributed by atoms with Crippen molar-refractivity contribution in [2.45, 2.75) is 137 Å². The van der Waals surface area contributed by atoms with Crippen molar-refractivity contribution in [2.75, 3.05) is 7.11 Å². The fraction of sp³-hybridized carbons (Fsp3) is 0.697. The molecule has 3 heterocycles. The minimum absolute atomic E-state index is 0.106. The number of fused-ring (bicyclic) bond motifs is 1. The molecule has 2 aliphatic rings. The van der Waals surface area contributed by atoms with Crippen LogP contribution < -0.4 is 16.4 Å². The van der Waals surface area contributed by atoms with Gasteiger partial charge in [-0.2, -0.15) is 0 Å². The number of benzene rings is 1. The predicted molar refractivity (Wildman–Crippen MR) is 177 cm³/mol. The summed E-state index contributed by atoms with van der Waals surface area (Å²) in [4.78, 5) is 26.2. The summed E-state index contributed by atoms with van der Waals surface area (Å²) in [6.45, 7) is 27.7. The number of alkyl carbamates (subject to hydrolysis) is 1. The van der Waals surface area contributed by atoms with E-state index in [4.69, 9.17) is 28.1 Å². The van der Waals surface area contributed by atoms with Gasteiger partial charge in [0.25, 0.3) is 0 Å². The summed E-state index contributed by atoms with van der Waals surface area (Å²) in [6, 6.07) is -1.04. The molecule has 2 saturated heterocycles. The molecule has 0 unspecified atom stereocenters. The second-order valence-electron chi connectivity index (χ2n) is 15.5. The van der Waals surface area contributed by atoms with Crippen molar-refractivity contribution >= 4 is 48.3 Å². The highest BCUT2D eigenvalue weighted by Crippen LogP contribution is 2.40. The van der Waals surface area contributed by atoms with Gasteiger partial charge in [0, 0.05) is 29.8 Å². The van der Waals surface area contributed by atoms with Gasteiger partial charge in [-0.05, 0) is 119 Å². The molecule has 0 bridgehead atoms. The number of carbonyl (C=O) groups is 2. The second-order valence-corrected chi connectivity index (χ2v) is 15.5. The van der Waals surface area contributed by atoms with Crippen LogP contribution in [0.5, 0.6) is 0 Å². The quantitative estimate of drug-likeness (QED) is 0.374. The molecule has 2 fully saturated rings. The van der Waals surface area contributed by atoms with Crippen molar-refractivity contribution < 1.29 is 37.7 Å². The molecular formula is C33H52B2N2O8. The molecule has 1 N–H and O–H groups in total. The third kappa shape index (κ3) is 6.15. The number of methoxy groups -OCH3 is 1. The molecule has 45 heavy (non-hydrogen) atoms. The van der Waals surface area contributed by atoms with E-state index in [1.165, 1.54) is 7.11 Å². The zero-order valence-corrected chi connectivity index (χ0v) is 30.2. The van der Waals surface area contributed by atoms with Crippen LogP contribution in [0.3, 0.4) is 0 Å². The molecule has 0 saturated carbocycles. The number of rotatable bonds is 6. The molecule has 2 aromatic rings. The van der Waals surface area contributed by atoms with E-state index in [2.05, 4.69) is 30.7 Å². The van der Waals surface area contributed by atoms with Crippen LogP contribution in [0, 0.1) is 20.8 Å². The molecule has 248 valence electrons. The lowest BCUT2D eigenvalue weighted by atomic mass is 9.72. The molecule has 0 radical (unpaired) electrons. The van der Waals surface area contributed by atoms with Crippen LogP contribution in [0.4, 0.5) is 4.79 Å². The SMILES string of the molecule is COC(=O)[C@@H](Cc1c(B2OC(C)(C)C(C)(C)O2)n(C)c2c(B3OC(C)(C)C(C)(C)O3)c(C)c(C)c(C)c12)NC(=O)OC(C)(C)C. The fourth-order valence-electron chi connectivity index (χ4n) is 6.03. The summed E-state index contributed by atoms with van der Waals surface area (Å²) in [6.07, 6.45) is -0.605. The number of carbonyl (C=O) groups excluding carboxylic acids is 2. The lowest BCUT2D eigenvalue weighted by Gasteiger charge is -2.32. The largest absolute Gasteiger partial charge is 0.512 e. The van der Waals surface area contributed by atoms with Crippen LogP contribution >= 0.6 is 0 Å². The Morgan fingerprint density at radius 2 is 1.29 bits per heavy atom. The van der Waals surface area contributed by atoms with Crippen LogP contribution in [0.15, 0.2) is 0 Å². The minimum atomic E-state index is -1.04. The summed E-state index contributed by atoms with van der Waals surface area (Å²) in [5.74, 6) is -0.592. The van der Waals surface area contributed by atoms with Gasteiger partial charge < -0.3 is 38.0 Å². The monoisotopic (exact) mass is 626 g/mol. The van der Waals surface area contributed by atoms with Gasteiger partial charge in [0.05, 0.1) is 35.1 Å². The van der Waals surface area contributed by atoms with Crippen LogP contribution in [-0.4, -0.2) is 72.0 Å². The van der Waals surface area contributed by atoms with Crippen molar-refractivity contribution in [3.63, 3.8) is 0 Å². The van der Waals surface area contributed by atoms with Gasteiger partial charge in [-0.25, -0.2) is 9.59 Å². The average Bonchev–Trinajstić information content (AvgIpc) is 3.36. The van der Waals surface area contributed by atoms with E-state index in [9.17, 15) is 9.59 Å². The van der Waals surface area contributed by atoms with Gasteiger partial charge in [-0.15, -0.1) is 0 Å². The number of amides is 1. The van der Waals surface area contributed by atoms with Crippen LogP contribution in [0.25, 0.3) is 10.9 Å². The van der Waals surface area contributed by atoms with Crippen molar-refractivity contribution in [1.29, 1.82) is 0 Å². The molecule has 1 aromatic heterocycles. The predicted octanol–water partition coefficient (Wildman–Crippen LogP) is 4.31. The third-order valence-corrected chi connectivity index (χ3v) is 10.3. The number of hydrogen-bond acceptors (Lipinski definition) is 8. The van der Waals surface area contributed by atoms with E-state index in [-0.39, 0.29) is 6.42 Å². The van der Waals surface area contributed by atoms with E-state index in [1.54, 1.807) is 20.8 Å². The topological polar surface area (TPSA) is 106 Å². The van der Waals surface area contributed by atoms with E-state index in [0.717, 1.165) is 44.2 Å². The maximum absolute atomic E-state index is 13.2. The molecule has 0 spiro atoms. The molecule has 12 heteroatoms. The molecule has 1 atom stereocenters. The van der Waals surface area contributed by atoms with Crippen molar-refractivity contribution in [2.24, 2.45) is 7.05 Å². The molecular weight excluding hydrogens is 574 g/mol. The summed E-state index contributed by atoms with van der Waals surface area (Å²) < 4.78 is 39.2. The number of nitrogens with one attached hydrogen (secondary N) is 1. The number of hydrogen-bond donors (Lipinski definition) is 1. The Bertz CT molecular complexity index is 1490. The summed E-state index contributed by atoms with van der Waals surface area (Å²) in [7, 11) is 1.89. The van der Waals surface area contributed by atoms with E-state index >= 15 is 0 Å². The fourth-order valence-corrected chi connectivity index (χ4v) is 6.03. The van der Waals surface area contributed by atoms with E-state index in [1.807, 2.05) is 62.4 Å². The lowest BCUT2D eigenvalue weighted by molar-refractivity contribution is -0.143. The first-order valence-corrected chi connectivity index (χ1v) is 15.7. The zero-order valence-electron chi connectivity index (χ0n) is 30.2. The molecule has 2 aliphatic heterocycles. The Labute approximate surface area is 269 Å². The normalized spacial score (nSPS) is 20.9. The highest BCUT2D eigenvalue weighted by molar-refractivity contribution is 6.67. The Kier molecular flexibility index (Phi) is 8.88. The zero-order chi connectivity index (χ0) is 34.2. The lowest BCUT2D eigenvalue weighted by Crippen LogP contribution is -2.47. The minimum Gasteiger partial charge on any atom is -0.467 e. The van der Waals surface area contributed by atoms with E-state index < -0.39 is 60.3 Å². The Balaban J connectivity index is 2.01. The first-order chi connectivity index (χ1) is 20.4. The molecule has 1 amide bonds. The molecule has 10 nitrogen and oxygen atoms in total. The number of ether oxygens (including phenoxy) is 2. The third-order valence-electron chi connectivity index (χ3n) is 10.3. The van der Waals surface area contributed by atoms with Crippen molar-refractivity contribution in [1.82, 2.24) is 9.88 Å². The maximum atomic E-state index is 13.2. The van der Waals surface area contributed by atoms with Crippen molar-refractivity contribution in [3.8, 4) is 0 Å². The summed E-state index contributed by atoms with van der Waals surface area (Å²) in [5.41, 5.74) is 3.45. The first-order valence-electron chi connectivity index (χ1n) is 15.7. The highest BCUT2D eigenvalue weighted by Gasteiger charge is 2.55. The van der Waals surface area contributed by atoms with Crippen LogP contribution in [0.1, 0.15) is 98.4 Å². The molecule has 0 aliphatic carbocycles. The molecule has 4 rings (SSSR count). The first kappa shape index (κ1) is 35.3. The van der Waals surface area contributed by atoms with Gasteiger partial charge in [0.2, 0.25) is 0 Å². The number of nitrogens with zero attached hydrogens (tertiary/aromatic N) is 1. The number of esters is 1. The smallest absolute Gasteiger partial charge is 0.467 e. The van der Waals surface area contributed by atoms with Crippen molar-refractivity contribution in [3.05, 3.63) is 22.3 Å². The Morgan fingerprint density at radius 3 is 1.73 bits per heavy atom. The number of aryl methyl sites for hydroxylation is 2. The standard InChI is InChI=1S/C33H52B2N2O8/c1-18-19(2)23-21(17-22(27(38)40-16)36-28(39)41-29(4,5)6)26(35-44-32(11,12)33(13,14)45-35)37(15)25(23)24(20(18)3)34-42-30(7,8)31(9,10)43-34/h22H,17H2,1-16H3,(H,36,39)/t22-/m1/s1. The maximum Gasteiger partial charge on any atom is 0.512 e. The van der Waals surface area contributed by atoms with Crippen LogP contribution in [0.2, 0.25) is 0 Å². The summed E-state index contributed by atoms with van der Waals surface area (Å²) >= 11 is 0. The Morgan fingerprint density at radius 1 is 0.822 bits per heavy atom. The number of aromatic nitrogens is 1. The summed E-state index contributed by atoms with van der Waals surface area (Å²) in [5, 5.41) is 3.68. The van der Waals surface area contributed by atoms with Gasteiger partial charge in [0.15, 0.2) is 0 Å². The average molecular weight is 626 g/mol. The second kappa shape index (κ2) is 11.3. The highest BCUT2D eigenvalue weighted by atomic mass is 16.7. The van der Waals surface area contributed by atoms with Gasteiger partial charge in [-0.3, -0.25) is 0 Å². The molecule has 1 aromatic carbocycles.